The molecule has 0 aliphatic carbocycles. The van der Waals surface area contributed by atoms with Gasteiger partial charge in [-0.3, -0.25) is 9.59 Å². The fraction of sp³-hybridized carbons (Fsp3) is 0.308. The Morgan fingerprint density at radius 2 is 1.86 bits per heavy atom. The van der Waals surface area contributed by atoms with Gasteiger partial charge in [-0.05, 0) is 12.1 Å². The van der Waals surface area contributed by atoms with Crippen LogP contribution in [0.2, 0.25) is 0 Å². The van der Waals surface area contributed by atoms with Gasteiger partial charge in [-0.25, -0.2) is 4.79 Å². The Bertz CT molecular complexity index is 507. The number of hydrogen-bond donors (Lipinski definition) is 5. The van der Waals surface area contributed by atoms with Crippen LogP contribution < -0.4 is 10.6 Å². The predicted molar refractivity (Wildman–Crippen MR) is 80.6 cm³/mol. The number of thiol groups is 1. The van der Waals surface area contributed by atoms with Gasteiger partial charge >= 0.3 is 5.97 Å². The molecule has 0 bridgehead atoms. The number of rotatable bonds is 4. The van der Waals surface area contributed by atoms with Crippen LogP contribution in [0, 0.1) is 0 Å². The number of amides is 2. The molecule has 4 N–H and O–H groups in total. The molecule has 0 fully saturated rings. The van der Waals surface area contributed by atoms with Crippen LogP contribution in [0.5, 0.6) is 5.75 Å². The lowest BCUT2D eigenvalue weighted by molar-refractivity contribution is -0.127. The second kappa shape index (κ2) is 9.65. The molecule has 0 heterocycles. The Morgan fingerprint density at radius 1 is 1.29 bits per heavy atom. The number of aromatic hydroxyl groups is 1. The van der Waals surface area contributed by atoms with E-state index in [9.17, 15) is 14.4 Å². The topological polar surface area (TPSA) is 116 Å². The second-order valence-corrected chi connectivity index (χ2v) is 4.24. The van der Waals surface area contributed by atoms with Crippen molar-refractivity contribution in [2.24, 2.45) is 0 Å². The molecule has 8 heteroatoms. The Kier molecular flexibility index (Phi) is 8.63. The summed E-state index contributed by atoms with van der Waals surface area (Å²) in [5, 5.41) is 22.2. The average molecular weight is 314 g/mol. The van der Waals surface area contributed by atoms with E-state index in [1.807, 2.05) is 0 Å². The summed E-state index contributed by atoms with van der Waals surface area (Å²) in [6, 6.07) is 5.28. The third-order valence-electron chi connectivity index (χ3n) is 2.26. The SMILES string of the molecule is CNC(=O)C(CS)NC(C)=O.O=C(O)c1ccccc1O. The number of phenols is 1. The monoisotopic (exact) mass is 314 g/mol. The summed E-state index contributed by atoms with van der Waals surface area (Å²) in [5.41, 5.74) is -0.0671. The number of carbonyl (C=O) groups excluding carboxylic acids is 2. The van der Waals surface area contributed by atoms with E-state index in [0.717, 1.165) is 0 Å². The van der Waals surface area contributed by atoms with Crippen molar-refractivity contribution in [2.75, 3.05) is 12.8 Å². The normalized spacial score (nSPS) is 10.6. The van der Waals surface area contributed by atoms with E-state index in [0.29, 0.717) is 5.75 Å². The van der Waals surface area contributed by atoms with E-state index >= 15 is 0 Å². The molecule has 1 unspecified atom stereocenters. The molecule has 0 aromatic heterocycles. The van der Waals surface area contributed by atoms with Crippen LogP contribution in [-0.4, -0.2) is 46.8 Å². The number of carboxylic acid groups (broad SMARTS) is 1. The van der Waals surface area contributed by atoms with Crippen molar-refractivity contribution in [2.45, 2.75) is 13.0 Å². The lowest BCUT2D eigenvalue weighted by Gasteiger charge is -2.12. The molecule has 0 saturated heterocycles. The highest BCUT2D eigenvalue weighted by Gasteiger charge is 2.15. The molecule has 7 nitrogen and oxygen atoms in total. The second-order valence-electron chi connectivity index (χ2n) is 3.87. The van der Waals surface area contributed by atoms with Crippen LogP contribution >= 0.6 is 12.6 Å². The Hall–Kier alpha value is -2.22. The standard InChI is InChI=1S/C7H6O3.C6H12N2O2S/c8-6-4-2-1-3-5(6)7(9)10;1-4(9)8-5(3-11)6(10)7-2/h1-4,8H,(H,9,10);5,11H,3H2,1-2H3,(H,7,10)(H,8,9). The van der Waals surface area contributed by atoms with Gasteiger partial charge < -0.3 is 20.8 Å². The van der Waals surface area contributed by atoms with Crippen molar-refractivity contribution in [3.63, 3.8) is 0 Å². The molecule has 0 radical (unpaired) electrons. The molecular formula is C13H18N2O5S. The fourth-order valence-corrected chi connectivity index (χ4v) is 1.53. The fourth-order valence-electron chi connectivity index (χ4n) is 1.27. The molecule has 0 spiro atoms. The molecule has 21 heavy (non-hydrogen) atoms. The minimum atomic E-state index is -1.11. The summed E-state index contributed by atoms with van der Waals surface area (Å²) in [5.74, 6) is -1.46. The summed E-state index contributed by atoms with van der Waals surface area (Å²) in [6.07, 6.45) is 0. The van der Waals surface area contributed by atoms with Gasteiger partial charge in [0.15, 0.2) is 0 Å². The number of para-hydroxylation sites is 1. The number of likely N-dealkylation sites (N-methyl/N-ethyl adjacent to an activating group) is 1. The molecule has 1 rings (SSSR count). The number of carboxylic acids is 1. The number of carbonyl (C=O) groups is 3. The molecule has 1 atom stereocenters. The summed E-state index contributed by atoms with van der Waals surface area (Å²) in [6.45, 7) is 1.36. The Morgan fingerprint density at radius 3 is 2.19 bits per heavy atom. The molecule has 0 saturated carbocycles. The minimum Gasteiger partial charge on any atom is -0.507 e. The third-order valence-corrected chi connectivity index (χ3v) is 2.62. The summed E-state index contributed by atoms with van der Waals surface area (Å²) < 4.78 is 0. The molecule has 2 amide bonds. The van der Waals surface area contributed by atoms with Gasteiger partial charge in [-0.15, -0.1) is 0 Å². The zero-order valence-electron chi connectivity index (χ0n) is 11.7. The first-order chi connectivity index (χ1) is 9.83. The van der Waals surface area contributed by atoms with Gasteiger partial charge in [0.2, 0.25) is 11.8 Å². The summed E-state index contributed by atoms with van der Waals surface area (Å²) in [7, 11) is 1.51. The highest BCUT2D eigenvalue weighted by atomic mass is 32.1. The van der Waals surface area contributed by atoms with E-state index in [-0.39, 0.29) is 23.1 Å². The first-order valence-corrected chi connectivity index (χ1v) is 6.57. The average Bonchev–Trinajstić information content (AvgIpc) is 2.44. The van der Waals surface area contributed by atoms with Crippen molar-refractivity contribution in [1.29, 1.82) is 0 Å². The van der Waals surface area contributed by atoms with E-state index in [1.54, 1.807) is 12.1 Å². The van der Waals surface area contributed by atoms with Crippen molar-refractivity contribution >= 4 is 30.4 Å². The minimum absolute atomic E-state index is 0.0671. The number of benzene rings is 1. The Balaban J connectivity index is 0.000000382. The van der Waals surface area contributed by atoms with Crippen molar-refractivity contribution in [3.8, 4) is 5.75 Å². The van der Waals surface area contributed by atoms with Crippen LogP contribution in [0.1, 0.15) is 17.3 Å². The number of aromatic carboxylic acids is 1. The predicted octanol–water partition coefficient (Wildman–Crippen LogP) is 0.257. The van der Waals surface area contributed by atoms with Crippen LogP contribution in [0.4, 0.5) is 0 Å². The number of hydrogen-bond acceptors (Lipinski definition) is 5. The van der Waals surface area contributed by atoms with Gasteiger partial charge in [0.25, 0.3) is 0 Å². The van der Waals surface area contributed by atoms with E-state index in [2.05, 4.69) is 23.3 Å². The van der Waals surface area contributed by atoms with Gasteiger partial charge in [0, 0.05) is 19.7 Å². The quantitative estimate of drug-likeness (QED) is 0.511. The molecular weight excluding hydrogens is 296 g/mol. The smallest absolute Gasteiger partial charge is 0.339 e. The number of nitrogens with one attached hydrogen (secondary N) is 2. The van der Waals surface area contributed by atoms with Gasteiger partial charge in [-0.1, -0.05) is 12.1 Å². The largest absolute Gasteiger partial charge is 0.507 e. The molecule has 116 valence electrons. The maximum Gasteiger partial charge on any atom is 0.339 e. The van der Waals surface area contributed by atoms with Crippen LogP contribution in [0.3, 0.4) is 0 Å². The third kappa shape index (κ3) is 7.21. The first-order valence-electron chi connectivity index (χ1n) is 5.94. The maximum absolute atomic E-state index is 10.9. The van der Waals surface area contributed by atoms with Crippen LogP contribution in [0.15, 0.2) is 24.3 Å². The first kappa shape index (κ1) is 18.8. The van der Waals surface area contributed by atoms with E-state index in [4.69, 9.17) is 10.2 Å². The lowest BCUT2D eigenvalue weighted by atomic mass is 10.2. The van der Waals surface area contributed by atoms with Crippen molar-refractivity contribution in [3.05, 3.63) is 29.8 Å². The molecule has 1 aromatic carbocycles. The molecule has 1 aromatic rings. The van der Waals surface area contributed by atoms with E-state index in [1.165, 1.54) is 26.1 Å². The Labute approximate surface area is 127 Å². The van der Waals surface area contributed by atoms with Crippen LogP contribution in [0.25, 0.3) is 0 Å². The maximum atomic E-state index is 10.9. The summed E-state index contributed by atoms with van der Waals surface area (Å²) in [4.78, 5) is 31.7. The van der Waals surface area contributed by atoms with Crippen LogP contribution in [-0.2, 0) is 9.59 Å². The van der Waals surface area contributed by atoms with Crippen molar-refractivity contribution in [1.82, 2.24) is 10.6 Å². The van der Waals surface area contributed by atoms with Gasteiger partial charge in [0.05, 0.1) is 0 Å². The van der Waals surface area contributed by atoms with E-state index < -0.39 is 12.0 Å². The van der Waals surface area contributed by atoms with Gasteiger partial charge in [0.1, 0.15) is 17.4 Å². The molecule has 0 aliphatic heterocycles. The highest BCUT2D eigenvalue weighted by Crippen LogP contribution is 2.14. The zero-order valence-corrected chi connectivity index (χ0v) is 12.6. The lowest BCUT2D eigenvalue weighted by Crippen LogP contribution is -2.46. The highest BCUT2D eigenvalue weighted by molar-refractivity contribution is 7.80. The van der Waals surface area contributed by atoms with Gasteiger partial charge in [-0.2, -0.15) is 12.6 Å². The summed E-state index contributed by atoms with van der Waals surface area (Å²) >= 11 is 3.91. The molecule has 0 aliphatic rings. The van der Waals surface area contributed by atoms with Crippen molar-refractivity contribution < 1.29 is 24.6 Å². The zero-order chi connectivity index (χ0) is 16.4.